The van der Waals surface area contributed by atoms with Gasteiger partial charge in [-0.15, -0.1) is 0 Å². The Morgan fingerprint density at radius 1 is 1.07 bits per heavy atom. The Morgan fingerprint density at radius 3 is 2.47 bits per heavy atom. The number of aromatic nitrogens is 2. The number of piperazine rings is 1. The van der Waals surface area contributed by atoms with Crippen LogP contribution < -0.4 is 10.1 Å². The number of fused-ring (bicyclic) bond motifs is 1. The smallest absolute Gasteiger partial charge is 0.238 e. The predicted molar refractivity (Wildman–Crippen MR) is 119 cm³/mol. The van der Waals surface area contributed by atoms with Crippen molar-refractivity contribution in [2.45, 2.75) is 20.4 Å². The lowest BCUT2D eigenvalue weighted by molar-refractivity contribution is -0.117. The zero-order valence-corrected chi connectivity index (χ0v) is 17.9. The average molecular weight is 408 g/mol. The number of imidazole rings is 1. The zero-order chi connectivity index (χ0) is 21.1. The molecule has 2 aromatic carbocycles. The summed E-state index contributed by atoms with van der Waals surface area (Å²) in [5.74, 6) is 1.82. The summed E-state index contributed by atoms with van der Waals surface area (Å²) >= 11 is 0. The number of rotatable bonds is 6. The van der Waals surface area contributed by atoms with Crippen LogP contribution in [-0.4, -0.2) is 65.5 Å². The lowest BCUT2D eigenvalue weighted by Gasteiger charge is -2.33. The first kappa shape index (κ1) is 20.4. The highest BCUT2D eigenvalue weighted by atomic mass is 16.5. The molecule has 0 radical (unpaired) electrons. The molecule has 0 saturated carbocycles. The minimum absolute atomic E-state index is 0.0414. The Morgan fingerprint density at radius 2 is 1.77 bits per heavy atom. The molecular weight excluding hydrogens is 378 g/mol. The van der Waals surface area contributed by atoms with Crippen molar-refractivity contribution in [3.05, 3.63) is 53.3 Å². The number of carbonyl (C=O) groups is 1. The van der Waals surface area contributed by atoms with Crippen molar-refractivity contribution in [2.75, 3.05) is 45.2 Å². The number of amides is 1. The van der Waals surface area contributed by atoms with E-state index in [4.69, 9.17) is 4.74 Å². The van der Waals surface area contributed by atoms with Gasteiger partial charge in [0.05, 0.1) is 31.2 Å². The molecule has 1 aliphatic rings. The lowest BCUT2D eigenvalue weighted by atomic mass is 10.1. The van der Waals surface area contributed by atoms with Crippen LogP contribution in [0.25, 0.3) is 11.0 Å². The summed E-state index contributed by atoms with van der Waals surface area (Å²) in [7, 11) is 1.67. The molecule has 158 valence electrons. The summed E-state index contributed by atoms with van der Waals surface area (Å²) < 4.78 is 5.28. The van der Waals surface area contributed by atoms with Crippen molar-refractivity contribution in [3.63, 3.8) is 0 Å². The van der Waals surface area contributed by atoms with Crippen molar-refractivity contribution in [3.8, 4) is 5.75 Å². The first-order valence-electron chi connectivity index (χ1n) is 10.3. The maximum Gasteiger partial charge on any atom is 0.238 e. The molecule has 0 atom stereocenters. The van der Waals surface area contributed by atoms with Gasteiger partial charge < -0.3 is 15.0 Å². The first-order chi connectivity index (χ1) is 14.5. The Labute approximate surface area is 177 Å². The van der Waals surface area contributed by atoms with Crippen molar-refractivity contribution < 1.29 is 9.53 Å². The van der Waals surface area contributed by atoms with Gasteiger partial charge in [-0.2, -0.15) is 0 Å². The van der Waals surface area contributed by atoms with Gasteiger partial charge in [-0.1, -0.05) is 6.07 Å². The van der Waals surface area contributed by atoms with Crippen LogP contribution in [0.3, 0.4) is 0 Å². The molecule has 1 aliphatic heterocycles. The fourth-order valence-electron chi connectivity index (χ4n) is 4.01. The fourth-order valence-corrected chi connectivity index (χ4v) is 4.01. The zero-order valence-electron chi connectivity index (χ0n) is 17.9. The summed E-state index contributed by atoms with van der Waals surface area (Å²) in [4.78, 5) is 25.1. The van der Waals surface area contributed by atoms with Crippen LogP contribution in [0.1, 0.15) is 17.0 Å². The molecule has 1 saturated heterocycles. The van der Waals surface area contributed by atoms with Crippen LogP contribution in [0.15, 0.2) is 36.4 Å². The van der Waals surface area contributed by atoms with E-state index in [1.807, 2.05) is 44.2 Å². The van der Waals surface area contributed by atoms with Crippen LogP contribution in [0.4, 0.5) is 5.69 Å². The number of methoxy groups -OCH3 is 1. The molecule has 3 aromatic rings. The predicted octanol–water partition coefficient (Wildman–Crippen LogP) is 2.94. The van der Waals surface area contributed by atoms with Gasteiger partial charge in [-0.3, -0.25) is 14.6 Å². The van der Waals surface area contributed by atoms with Gasteiger partial charge in [0.1, 0.15) is 11.6 Å². The average Bonchev–Trinajstić information content (AvgIpc) is 3.09. The Balaban J connectivity index is 1.27. The maximum atomic E-state index is 12.4. The van der Waals surface area contributed by atoms with Gasteiger partial charge in [0, 0.05) is 37.9 Å². The minimum Gasteiger partial charge on any atom is -0.497 e. The summed E-state index contributed by atoms with van der Waals surface area (Å²) in [5, 5.41) is 3.03. The number of H-pyrrole nitrogens is 1. The van der Waals surface area contributed by atoms with Crippen LogP contribution in [0, 0.1) is 13.8 Å². The van der Waals surface area contributed by atoms with Crippen LogP contribution in [-0.2, 0) is 11.3 Å². The van der Waals surface area contributed by atoms with Gasteiger partial charge in [0.2, 0.25) is 5.91 Å². The Hall–Kier alpha value is -2.90. The number of nitrogens with one attached hydrogen (secondary N) is 2. The third kappa shape index (κ3) is 4.98. The molecule has 1 fully saturated rings. The first-order valence-corrected chi connectivity index (χ1v) is 10.3. The van der Waals surface area contributed by atoms with E-state index in [1.165, 1.54) is 0 Å². The Bertz CT molecular complexity index is 1020. The van der Waals surface area contributed by atoms with Crippen molar-refractivity contribution >= 4 is 22.6 Å². The second kappa shape index (κ2) is 8.85. The number of hydrogen-bond donors (Lipinski definition) is 2. The number of carbonyl (C=O) groups excluding carboxylic acids is 1. The van der Waals surface area contributed by atoms with E-state index < -0.39 is 0 Å². The second-order valence-corrected chi connectivity index (χ2v) is 8.04. The van der Waals surface area contributed by atoms with Crippen molar-refractivity contribution in [2.24, 2.45) is 0 Å². The quantitative estimate of drug-likeness (QED) is 0.657. The van der Waals surface area contributed by atoms with Crippen molar-refractivity contribution in [1.29, 1.82) is 0 Å². The molecule has 7 heteroatoms. The monoisotopic (exact) mass is 407 g/mol. The normalized spacial score (nSPS) is 15.4. The highest BCUT2D eigenvalue weighted by Crippen LogP contribution is 2.19. The number of ether oxygens (including phenoxy) is 1. The van der Waals surface area contributed by atoms with Gasteiger partial charge in [0.15, 0.2) is 0 Å². The van der Waals surface area contributed by atoms with Gasteiger partial charge in [0.25, 0.3) is 0 Å². The number of aryl methyl sites for hydroxylation is 2. The number of benzene rings is 2. The molecule has 0 bridgehead atoms. The molecule has 2 N–H and O–H groups in total. The van der Waals surface area contributed by atoms with E-state index in [1.54, 1.807) is 7.11 Å². The highest BCUT2D eigenvalue weighted by molar-refractivity contribution is 5.92. The molecule has 1 amide bonds. The standard InChI is InChI=1S/C23H29N5O2/c1-16-10-17(2)12-18(11-16)24-23(29)15-28-8-6-27(7-9-28)14-22-25-20-5-4-19(30-3)13-21(20)26-22/h4-5,10-13H,6-9,14-15H2,1-3H3,(H,24,29)(H,25,26). The van der Waals surface area contributed by atoms with Gasteiger partial charge in [-0.05, 0) is 49.2 Å². The van der Waals surface area contributed by atoms with Crippen LogP contribution in [0.2, 0.25) is 0 Å². The number of nitrogens with zero attached hydrogens (tertiary/aromatic N) is 3. The third-order valence-corrected chi connectivity index (χ3v) is 5.45. The molecule has 7 nitrogen and oxygen atoms in total. The summed E-state index contributed by atoms with van der Waals surface area (Å²) in [6.07, 6.45) is 0. The summed E-state index contributed by atoms with van der Waals surface area (Å²) in [6, 6.07) is 12.0. The number of hydrogen-bond acceptors (Lipinski definition) is 5. The maximum absolute atomic E-state index is 12.4. The topological polar surface area (TPSA) is 73.5 Å². The highest BCUT2D eigenvalue weighted by Gasteiger charge is 2.20. The second-order valence-electron chi connectivity index (χ2n) is 8.04. The molecule has 0 spiro atoms. The SMILES string of the molecule is COc1ccc2nc(CN3CCN(CC(=O)Nc4cc(C)cc(C)c4)CC3)[nH]c2c1. The minimum atomic E-state index is 0.0414. The van der Waals surface area contributed by atoms with E-state index in [-0.39, 0.29) is 5.91 Å². The van der Waals surface area contributed by atoms with E-state index >= 15 is 0 Å². The van der Waals surface area contributed by atoms with E-state index in [9.17, 15) is 4.79 Å². The molecule has 0 unspecified atom stereocenters. The van der Waals surface area contributed by atoms with Gasteiger partial charge in [-0.25, -0.2) is 4.98 Å². The number of aromatic amines is 1. The molecule has 0 aliphatic carbocycles. The van der Waals surface area contributed by atoms with Crippen molar-refractivity contribution in [1.82, 2.24) is 19.8 Å². The molecular formula is C23H29N5O2. The fraction of sp³-hybridized carbons (Fsp3) is 0.391. The third-order valence-electron chi connectivity index (χ3n) is 5.45. The largest absolute Gasteiger partial charge is 0.497 e. The summed E-state index contributed by atoms with van der Waals surface area (Å²) in [6.45, 7) is 8.85. The summed E-state index contributed by atoms with van der Waals surface area (Å²) in [5.41, 5.74) is 5.13. The number of anilines is 1. The lowest BCUT2D eigenvalue weighted by Crippen LogP contribution is -2.48. The Kier molecular flexibility index (Phi) is 6.01. The van der Waals surface area contributed by atoms with Gasteiger partial charge >= 0.3 is 0 Å². The van der Waals surface area contributed by atoms with Crippen LogP contribution in [0.5, 0.6) is 5.75 Å². The molecule has 2 heterocycles. The van der Waals surface area contributed by atoms with E-state index in [2.05, 4.69) is 31.2 Å². The molecule has 4 rings (SSSR count). The molecule has 1 aromatic heterocycles. The van der Waals surface area contributed by atoms with Crippen LogP contribution >= 0.6 is 0 Å². The van der Waals surface area contributed by atoms with E-state index in [0.717, 1.165) is 72.1 Å². The van der Waals surface area contributed by atoms with E-state index in [0.29, 0.717) is 6.54 Å². The molecule has 30 heavy (non-hydrogen) atoms.